The fourth-order valence-electron chi connectivity index (χ4n) is 1.54. The minimum Gasteiger partial charge on any atom is -0.0856 e. The van der Waals surface area contributed by atoms with Gasteiger partial charge < -0.3 is 0 Å². The molecule has 0 amide bonds. The Balaban J connectivity index is 2.37. The van der Waals surface area contributed by atoms with E-state index in [2.05, 4.69) is 51.1 Å². The highest BCUT2D eigenvalue weighted by Gasteiger charge is 1.91. The lowest BCUT2D eigenvalue weighted by molar-refractivity contribution is 0.956. The van der Waals surface area contributed by atoms with Crippen LogP contribution < -0.4 is 0 Å². The Labute approximate surface area is 99.7 Å². The van der Waals surface area contributed by atoms with Crippen LogP contribution in [-0.4, -0.2) is 0 Å². The minimum atomic E-state index is 1.04. The molecule has 0 heteroatoms. The lowest BCUT2D eigenvalue weighted by Crippen LogP contribution is -1.83. The Kier molecular flexibility index (Phi) is 5.63. The molecule has 0 saturated heterocycles. The average molecular weight is 213 g/mol. The quantitative estimate of drug-likeness (QED) is 0.621. The first-order valence-corrected chi connectivity index (χ1v) is 5.92. The molecule has 85 valence electrons. The highest BCUT2D eigenvalue weighted by molar-refractivity contribution is 5.18. The summed E-state index contributed by atoms with van der Waals surface area (Å²) in [7, 11) is 0. The molecule has 0 N–H and O–H groups in total. The van der Waals surface area contributed by atoms with E-state index in [1.54, 1.807) is 0 Å². The number of hydrogen-bond donors (Lipinski definition) is 0. The van der Waals surface area contributed by atoms with Gasteiger partial charge in [0.1, 0.15) is 0 Å². The van der Waals surface area contributed by atoms with Crippen LogP contribution in [0.2, 0.25) is 0 Å². The topological polar surface area (TPSA) is 0 Å². The lowest BCUT2D eigenvalue weighted by Gasteiger charge is -2.00. The summed E-state index contributed by atoms with van der Waals surface area (Å²) in [5.41, 5.74) is 4.25. The smallest absolute Gasteiger partial charge is 0.00949 e. The third-order valence-corrected chi connectivity index (χ3v) is 2.56. The molecular weight excluding hydrogens is 192 g/mol. The highest BCUT2D eigenvalue weighted by atomic mass is 14.0. The molecule has 0 spiro atoms. The molecule has 0 aromatic heterocycles. The van der Waals surface area contributed by atoms with Gasteiger partial charge in [0.15, 0.2) is 0 Å². The summed E-state index contributed by atoms with van der Waals surface area (Å²) in [4.78, 5) is 0. The van der Waals surface area contributed by atoms with Gasteiger partial charge in [-0.15, -0.1) is 0 Å². The van der Waals surface area contributed by atoms with E-state index in [1.807, 2.05) is 12.1 Å². The van der Waals surface area contributed by atoms with Crippen molar-refractivity contribution in [2.75, 3.05) is 0 Å². The second-order valence-electron chi connectivity index (χ2n) is 4.48. The standard InChI is InChI=1S/C16H21/c1-14(2)8-7-9-15(3)12-13-16-10-5-4-6-11-16/h5-6,8,10-12H,7,9,13H2,1-3H3/b15-12+. The second-order valence-corrected chi connectivity index (χ2v) is 4.48. The zero-order valence-electron chi connectivity index (χ0n) is 10.6. The van der Waals surface area contributed by atoms with Gasteiger partial charge in [0, 0.05) is 0 Å². The Morgan fingerprint density at radius 1 is 1.12 bits per heavy atom. The lowest BCUT2D eigenvalue weighted by atomic mass is 10.1. The van der Waals surface area contributed by atoms with Crippen molar-refractivity contribution >= 4 is 0 Å². The van der Waals surface area contributed by atoms with E-state index >= 15 is 0 Å². The van der Waals surface area contributed by atoms with Gasteiger partial charge in [-0.3, -0.25) is 0 Å². The summed E-state index contributed by atoms with van der Waals surface area (Å²) in [6.45, 7) is 6.52. The van der Waals surface area contributed by atoms with Crippen molar-refractivity contribution in [2.45, 2.75) is 40.0 Å². The fourth-order valence-corrected chi connectivity index (χ4v) is 1.54. The van der Waals surface area contributed by atoms with Crippen LogP contribution >= 0.6 is 0 Å². The van der Waals surface area contributed by atoms with Gasteiger partial charge >= 0.3 is 0 Å². The van der Waals surface area contributed by atoms with Crippen LogP contribution in [0.15, 0.2) is 47.6 Å². The summed E-state index contributed by atoms with van der Waals surface area (Å²) in [5, 5.41) is 0. The number of benzene rings is 1. The first-order valence-electron chi connectivity index (χ1n) is 5.92. The van der Waals surface area contributed by atoms with Gasteiger partial charge in [0.25, 0.3) is 0 Å². The largest absolute Gasteiger partial charge is 0.0856 e. The first-order chi connectivity index (χ1) is 7.68. The molecule has 0 aliphatic carbocycles. The normalized spacial score (nSPS) is 11.3. The molecule has 16 heavy (non-hydrogen) atoms. The van der Waals surface area contributed by atoms with Crippen molar-refractivity contribution in [1.82, 2.24) is 0 Å². The van der Waals surface area contributed by atoms with E-state index in [4.69, 9.17) is 0 Å². The molecule has 0 heterocycles. The van der Waals surface area contributed by atoms with Crippen molar-refractivity contribution in [3.05, 3.63) is 59.2 Å². The molecule has 0 aliphatic heterocycles. The van der Waals surface area contributed by atoms with Crippen molar-refractivity contribution < 1.29 is 0 Å². The Morgan fingerprint density at radius 2 is 1.81 bits per heavy atom. The number of hydrogen-bond acceptors (Lipinski definition) is 0. The molecule has 0 aliphatic rings. The van der Waals surface area contributed by atoms with Crippen LogP contribution in [-0.2, 0) is 6.42 Å². The summed E-state index contributed by atoms with van der Waals surface area (Å²) >= 11 is 0. The zero-order valence-corrected chi connectivity index (χ0v) is 10.6. The van der Waals surface area contributed by atoms with Crippen molar-refractivity contribution in [3.8, 4) is 0 Å². The van der Waals surface area contributed by atoms with Gasteiger partial charge in [0.05, 0.1) is 0 Å². The number of allylic oxidation sites excluding steroid dienone is 4. The van der Waals surface area contributed by atoms with Crippen LogP contribution in [0, 0.1) is 6.07 Å². The zero-order chi connectivity index (χ0) is 11.8. The molecule has 1 aromatic rings. The molecule has 0 fully saturated rings. The molecule has 0 unspecified atom stereocenters. The van der Waals surface area contributed by atoms with Gasteiger partial charge in [0.2, 0.25) is 0 Å². The molecule has 0 saturated carbocycles. The first kappa shape index (κ1) is 12.8. The summed E-state index contributed by atoms with van der Waals surface area (Å²) in [5.74, 6) is 0. The van der Waals surface area contributed by atoms with Crippen LogP contribution in [0.4, 0.5) is 0 Å². The fraction of sp³-hybridized carbons (Fsp3) is 0.375. The van der Waals surface area contributed by atoms with Crippen LogP contribution in [0.5, 0.6) is 0 Å². The molecule has 1 aromatic carbocycles. The van der Waals surface area contributed by atoms with E-state index in [-0.39, 0.29) is 0 Å². The van der Waals surface area contributed by atoms with E-state index in [0.717, 1.165) is 12.8 Å². The summed E-state index contributed by atoms with van der Waals surface area (Å²) in [6, 6.07) is 11.2. The van der Waals surface area contributed by atoms with Gasteiger partial charge in [-0.1, -0.05) is 47.6 Å². The summed E-state index contributed by atoms with van der Waals surface area (Å²) < 4.78 is 0. The Hall–Kier alpha value is -1.30. The molecule has 1 rings (SSSR count). The van der Waals surface area contributed by atoms with Crippen molar-refractivity contribution in [1.29, 1.82) is 0 Å². The van der Waals surface area contributed by atoms with Gasteiger partial charge in [-0.05, 0) is 51.7 Å². The van der Waals surface area contributed by atoms with Crippen LogP contribution in [0.3, 0.4) is 0 Å². The van der Waals surface area contributed by atoms with Gasteiger partial charge in [-0.25, -0.2) is 0 Å². The van der Waals surface area contributed by atoms with E-state index < -0.39 is 0 Å². The monoisotopic (exact) mass is 213 g/mol. The van der Waals surface area contributed by atoms with Crippen molar-refractivity contribution in [2.24, 2.45) is 0 Å². The van der Waals surface area contributed by atoms with Crippen LogP contribution in [0.25, 0.3) is 0 Å². The summed E-state index contributed by atoms with van der Waals surface area (Å²) in [6.07, 6.45) is 8.00. The predicted molar refractivity (Wildman–Crippen MR) is 71.4 cm³/mol. The maximum Gasteiger partial charge on any atom is -0.00949 e. The SMILES string of the molecule is CC(C)=CCC/C(C)=C/Cc1cc[c]cc1. The maximum absolute atomic E-state index is 3.04. The van der Waals surface area contributed by atoms with Crippen molar-refractivity contribution in [3.63, 3.8) is 0 Å². The Bertz CT molecular complexity index is 351. The second kappa shape index (κ2) is 7.05. The van der Waals surface area contributed by atoms with E-state index in [0.29, 0.717) is 0 Å². The van der Waals surface area contributed by atoms with E-state index in [1.165, 1.54) is 23.1 Å². The number of rotatable bonds is 5. The molecular formula is C16H21. The third kappa shape index (κ3) is 5.55. The minimum absolute atomic E-state index is 1.04. The maximum atomic E-state index is 3.04. The highest BCUT2D eigenvalue weighted by Crippen LogP contribution is 2.09. The van der Waals surface area contributed by atoms with Crippen LogP contribution in [0.1, 0.15) is 39.2 Å². The van der Waals surface area contributed by atoms with E-state index in [9.17, 15) is 0 Å². The Morgan fingerprint density at radius 3 is 2.44 bits per heavy atom. The molecule has 0 atom stereocenters. The average Bonchev–Trinajstić information content (AvgIpc) is 2.27. The third-order valence-electron chi connectivity index (χ3n) is 2.56. The molecule has 0 nitrogen and oxygen atoms in total. The molecule has 1 radical (unpaired) electrons. The van der Waals surface area contributed by atoms with Gasteiger partial charge in [-0.2, -0.15) is 0 Å². The molecule has 0 bridgehead atoms. The predicted octanol–water partition coefficient (Wildman–Crippen LogP) is 4.72.